The van der Waals surface area contributed by atoms with Gasteiger partial charge in [0.15, 0.2) is 0 Å². The maximum atomic E-state index is 9.66. The van der Waals surface area contributed by atoms with Gasteiger partial charge in [0.25, 0.3) is 0 Å². The van der Waals surface area contributed by atoms with E-state index in [2.05, 4.69) is 21.2 Å². The number of hydrogen-bond donors (Lipinski definition) is 2. The van der Waals surface area contributed by atoms with Crippen molar-refractivity contribution in [1.29, 1.82) is 0 Å². The summed E-state index contributed by atoms with van der Waals surface area (Å²) in [6, 6.07) is 5.96. The zero-order chi connectivity index (χ0) is 12.3. The summed E-state index contributed by atoms with van der Waals surface area (Å²) in [7, 11) is 0. The van der Waals surface area contributed by atoms with Crippen molar-refractivity contribution < 1.29 is 5.11 Å². The van der Waals surface area contributed by atoms with Crippen molar-refractivity contribution in [2.45, 2.75) is 19.3 Å². The van der Waals surface area contributed by atoms with Crippen LogP contribution in [-0.4, -0.2) is 24.8 Å². The second kappa shape index (κ2) is 5.70. The number of aliphatic hydroxyl groups is 1. The van der Waals surface area contributed by atoms with Crippen molar-refractivity contribution in [3.63, 3.8) is 0 Å². The number of rotatable bonds is 3. The molecule has 17 heavy (non-hydrogen) atoms. The molecule has 1 unspecified atom stereocenters. The second-order valence-electron chi connectivity index (χ2n) is 4.85. The number of aliphatic hydroxyl groups excluding tert-OH is 1. The van der Waals surface area contributed by atoms with E-state index in [0.29, 0.717) is 0 Å². The lowest BCUT2D eigenvalue weighted by Crippen LogP contribution is -2.44. The van der Waals surface area contributed by atoms with Gasteiger partial charge in [0.1, 0.15) is 0 Å². The fourth-order valence-electron chi connectivity index (χ4n) is 2.44. The smallest absolute Gasteiger partial charge is 0.0502 e. The molecule has 2 N–H and O–H groups in total. The van der Waals surface area contributed by atoms with Gasteiger partial charge in [-0.15, -0.1) is 0 Å². The van der Waals surface area contributed by atoms with Crippen molar-refractivity contribution in [1.82, 2.24) is 5.32 Å². The largest absolute Gasteiger partial charge is 0.396 e. The highest BCUT2D eigenvalue weighted by Crippen LogP contribution is 2.33. The lowest BCUT2D eigenvalue weighted by atomic mass is 9.76. The zero-order valence-corrected chi connectivity index (χ0v) is 12.0. The van der Waals surface area contributed by atoms with Crippen LogP contribution >= 0.6 is 27.5 Å². The van der Waals surface area contributed by atoms with E-state index in [4.69, 9.17) is 11.6 Å². The molecule has 0 aliphatic carbocycles. The number of benzene rings is 1. The van der Waals surface area contributed by atoms with Gasteiger partial charge in [-0.25, -0.2) is 0 Å². The second-order valence-corrected chi connectivity index (χ2v) is 6.17. The maximum Gasteiger partial charge on any atom is 0.0502 e. The molecule has 1 fully saturated rings. The third kappa shape index (κ3) is 3.22. The third-order valence-electron chi connectivity index (χ3n) is 3.48. The van der Waals surface area contributed by atoms with Gasteiger partial charge >= 0.3 is 0 Å². The van der Waals surface area contributed by atoms with Crippen molar-refractivity contribution in [2.75, 3.05) is 19.7 Å². The molecule has 0 aromatic heterocycles. The summed E-state index contributed by atoms with van der Waals surface area (Å²) in [6.45, 7) is 2.14. The molecule has 0 saturated carbocycles. The fourth-order valence-corrected chi connectivity index (χ4v) is 3.18. The van der Waals surface area contributed by atoms with Crippen LogP contribution in [0.3, 0.4) is 0 Å². The predicted molar refractivity (Wildman–Crippen MR) is 74.5 cm³/mol. The molecule has 0 bridgehead atoms. The zero-order valence-electron chi connectivity index (χ0n) is 9.68. The Morgan fingerprint density at radius 3 is 2.88 bits per heavy atom. The van der Waals surface area contributed by atoms with Crippen molar-refractivity contribution in [2.24, 2.45) is 5.41 Å². The molecule has 2 rings (SSSR count). The molecule has 1 aliphatic heterocycles. The molecule has 1 aromatic carbocycles. The van der Waals surface area contributed by atoms with E-state index in [0.717, 1.165) is 47.4 Å². The van der Waals surface area contributed by atoms with Gasteiger partial charge < -0.3 is 10.4 Å². The summed E-state index contributed by atoms with van der Waals surface area (Å²) >= 11 is 9.64. The van der Waals surface area contributed by atoms with E-state index in [-0.39, 0.29) is 12.0 Å². The highest BCUT2D eigenvalue weighted by atomic mass is 79.9. The first-order valence-electron chi connectivity index (χ1n) is 5.91. The molecule has 4 heteroatoms. The number of halogens is 2. The monoisotopic (exact) mass is 317 g/mol. The maximum absolute atomic E-state index is 9.66. The number of hydrogen-bond acceptors (Lipinski definition) is 2. The SMILES string of the molecule is OCC1(Cc2ccc(Br)cc2Cl)CCCNC1. The Kier molecular flexibility index (Phi) is 4.47. The standard InChI is InChI=1S/C13H17BrClNO/c14-11-3-2-10(12(15)6-11)7-13(9-17)4-1-5-16-8-13/h2-3,6,16-17H,1,4-5,7-9H2. The molecular weight excluding hydrogens is 302 g/mol. The van der Waals surface area contributed by atoms with Gasteiger partial charge in [0.05, 0.1) is 6.61 Å². The molecule has 1 aliphatic rings. The summed E-state index contributed by atoms with van der Waals surface area (Å²) in [5.74, 6) is 0. The van der Waals surface area contributed by atoms with E-state index in [9.17, 15) is 5.11 Å². The van der Waals surface area contributed by atoms with Crippen LogP contribution in [0.5, 0.6) is 0 Å². The van der Waals surface area contributed by atoms with Crippen LogP contribution < -0.4 is 5.32 Å². The minimum absolute atomic E-state index is 0.0459. The first-order chi connectivity index (χ1) is 8.15. The van der Waals surface area contributed by atoms with Crippen molar-refractivity contribution >= 4 is 27.5 Å². The normalized spacial score (nSPS) is 24.9. The van der Waals surface area contributed by atoms with Gasteiger partial charge in [-0.05, 0) is 43.5 Å². The van der Waals surface area contributed by atoms with E-state index >= 15 is 0 Å². The third-order valence-corrected chi connectivity index (χ3v) is 4.32. The molecule has 0 spiro atoms. The highest BCUT2D eigenvalue weighted by molar-refractivity contribution is 9.10. The van der Waals surface area contributed by atoms with Gasteiger partial charge in [0, 0.05) is 21.5 Å². The van der Waals surface area contributed by atoms with Crippen LogP contribution in [0.25, 0.3) is 0 Å². The Morgan fingerprint density at radius 1 is 1.47 bits per heavy atom. The quantitative estimate of drug-likeness (QED) is 0.898. The van der Waals surface area contributed by atoms with Crippen LogP contribution in [0, 0.1) is 5.41 Å². The van der Waals surface area contributed by atoms with Crippen LogP contribution in [0.1, 0.15) is 18.4 Å². The Labute approximate surface area is 115 Å². The summed E-state index contributed by atoms with van der Waals surface area (Å²) < 4.78 is 0.992. The first kappa shape index (κ1) is 13.3. The Balaban J connectivity index is 2.17. The van der Waals surface area contributed by atoms with E-state index < -0.39 is 0 Å². The fraction of sp³-hybridized carbons (Fsp3) is 0.538. The lowest BCUT2D eigenvalue weighted by Gasteiger charge is -2.36. The minimum atomic E-state index is -0.0459. The number of piperidine rings is 1. The average molecular weight is 319 g/mol. The van der Waals surface area contributed by atoms with Crippen molar-refractivity contribution in [3.8, 4) is 0 Å². The summed E-state index contributed by atoms with van der Waals surface area (Å²) in [5, 5.41) is 13.8. The number of nitrogens with one attached hydrogen (secondary N) is 1. The summed E-state index contributed by atoms with van der Waals surface area (Å²) in [6.07, 6.45) is 3.01. The van der Waals surface area contributed by atoms with Gasteiger partial charge in [-0.3, -0.25) is 0 Å². The molecule has 1 saturated heterocycles. The van der Waals surface area contributed by atoms with Crippen LogP contribution in [-0.2, 0) is 6.42 Å². The van der Waals surface area contributed by atoms with Gasteiger partial charge in [-0.1, -0.05) is 33.6 Å². The topological polar surface area (TPSA) is 32.3 Å². The molecule has 1 atom stereocenters. The first-order valence-corrected chi connectivity index (χ1v) is 7.08. The molecule has 94 valence electrons. The molecule has 1 aromatic rings. The van der Waals surface area contributed by atoms with Crippen LogP contribution in [0.2, 0.25) is 5.02 Å². The lowest BCUT2D eigenvalue weighted by molar-refractivity contribution is 0.0948. The van der Waals surface area contributed by atoms with E-state index in [1.807, 2.05) is 18.2 Å². The molecule has 1 heterocycles. The summed E-state index contributed by atoms with van der Waals surface area (Å²) in [4.78, 5) is 0. The Bertz CT molecular complexity index is 391. The average Bonchev–Trinajstić information content (AvgIpc) is 2.34. The van der Waals surface area contributed by atoms with Crippen LogP contribution in [0.15, 0.2) is 22.7 Å². The minimum Gasteiger partial charge on any atom is -0.396 e. The molecule has 2 nitrogen and oxygen atoms in total. The van der Waals surface area contributed by atoms with E-state index in [1.54, 1.807) is 0 Å². The van der Waals surface area contributed by atoms with Crippen molar-refractivity contribution in [3.05, 3.63) is 33.3 Å². The molecule has 0 amide bonds. The molecular formula is C13H17BrClNO. The summed E-state index contributed by atoms with van der Waals surface area (Å²) in [5.41, 5.74) is 1.07. The van der Waals surface area contributed by atoms with Gasteiger partial charge in [-0.2, -0.15) is 0 Å². The Morgan fingerprint density at radius 2 is 2.29 bits per heavy atom. The van der Waals surface area contributed by atoms with Crippen LogP contribution in [0.4, 0.5) is 0 Å². The predicted octanol–water partition coefficient (Wildman–Crippen LogP) is 3.01. The van der Waals surface area contributed by atoms with Gasteiger partial charge in [0.2, 0.25) is 0 Å². The Hall–Kier alpha value is -0.0900. The highest BCUT2D eigenvalue weighted by Gasteiger charge is 2.32. The van der Waals surface area contributed by atoms with E-state index in [1.165, 1.54) is 0 Å². The molecule has 0 radical (unpaired) electrons.